The number of benzene rings is 2. The van der Waals surface area contributed by atoms with Gasteiger partial charge in [-0.15, -0.1) is 6.58 Å². The van der Waals surface area contributed by atoms with Gasteiger partial charge in [-0.2, -0.15) is 0 Å². The van der Waals surface area contributed by atoms with Crippen molar-refractivity contribution in [2.24, 2.45) is 41.4 Å². The molecule has 53 heavy (non-hydrogen) atoms. The van der Waals surface area contributed by atoms with E-state index in [9.17, 15) is 10.1 Å². The molecule has 2 aromatic carbocycles. The Bertz CT molecular complexity index is 1110. The fourth-order valence-electron chi connectivity index (χ4n) is 6.44. The zero-order valence-electron chi connectivity index (χ0n) is 36.4. The van der Waals surface area contributed by atoms with Gasteiger partial charge >= 0.3 is 0 Å². The molecule has 0 amide bonds. The van der Waals surface area contributed by atoms with E-state index in [1.54, 1.807) is 12.1 Å². The zero-order valence-corrected chi connectivity index (χ0v) is 36.4. The van der Waals surface area contributed by atoms with Gasteiger partial charge in [0.25, 0.3) is 5.69 Å². The van der Waals surface area contributed by atoms with Crippen molar-refractivity contribution in [1.82, 2.24) is 0 Å². The predicted molar refractivity (Wildman–Crippen MR) is 234 cm³/mol. The van der Waals surface area contributed by atoms with E-state index in [1.807, 2.05) is 42.5 Å². The Morgan fingerprint density at radius 1 is 0.698 bits per heavy atom. The van der Waals surface area contributed by atoms with Crippen LogP contribution in [0.3, 0.4) is 0 Å². The van der Waals surface area contributed by atoms with E-state index < -0.39 is 0 Å². The summed E-state index contributed by atoms with van der Waals surface area (Å²) >= 11 is 0. The maximum Gasteiger partial charge on any atom is 0.269 e. The van der Waals surface area contributed by atoms with Gasteiger partial charge in [0.15, 0.2) is 0 Å². The van der Waals surface area contributed by atoms with Gasteiger partial charge in [-0.1, -0.05) is 176 Å². The van der Waals surface area contributed by atoms with Crippen LogP contribution in [0.2, 0.25) is 0 Å². The molecule has 0 aliphatic heterocycles. The van der Waals surface area contributed by atoms with Crippen molar-refractivity contribution in [3.05, 3.63) is 82.9 Å². The molecule has 0 aromatic heterocycles. The second-order valence-electron chi connectivity index (χ2n) is 17.7. The molecule has 0 atom stereocenters. The molecule has 0 unspecified atom stereocenters. The van der Waals surface area contributed by atoms with E-state index in [0.717, 1.165) is 66.3 Å². The lowest BCUT2D eigenvalue weighted by molar-refractivity contribution is -0.384. The van der Waals surface area contributed by atoms with Crippen LogP contribution in [0.5, 0.6) is 5.75 Å². The van der Waals surface area contributed by atoms with E-state index in [4.69, 9.17) is 4.74 Å². The van der Waals surface area contributed by atoms with Crippen LogP contribution in [0, 0.1) is 51.5 Å². The second-order valence-corrected chi connectivity index (χ2v) is 17.7. The van der Waals surface area contributed by atoms with Crippen molar-refractivity contribution in [2.75, 3.05) is 6.61 Å². The predicted octanol–water partition coefficient (Wildman–Crippen LogP) is 16.1. The quantitative estimate of drug-likeness (QED) is 0.0625. The molecule has 0 N–H and O–H groups in total. The van der Waals surface area contributed by atoms with Gasteiger partial charge in [0.1, 0.15) is 5.75 Å². The molecular formula is C49H85NO3. The first-order valence-corrected chi connectivity index (χ1v) is 21.7. The van der Waals surface area contributed by atoms with Crippen molar-refractivity contribution in [1.29, 1.82) is 0 Å². The highest BCUT2D eigenvalue weighted by Gasteiger charge is 2.21. The van der Waals surface area contributed by atoms with Crippen molar-refractivity contribution in [3.63, 3.8) is 0 Å². The van der Waals surface area contributed by atoms with Crippen molar-refractivity contribution >= 4 is 5.69 Å². The minimum Gasteiger partial charge on any atom is -0.494 e. The van der Waals surface area contributed by atoms with Crippen LogP contribution in [-0.2, 0) is 6.42 Å². The highest BCUT2D eigenvalue weighted by atomic mass is 16.6. The van der Waals surface area contributed by atoms with Crippen LogP contribution in [-0.4, -0.2) is 11.5 Å². The van der Waals surface area contributed by atoms with Crippen LogP contribution in [0.25, 0.3) is 0 Å². The van der Waals surface area contributed by atoms with Crippen LogP contribution < -0.4 is 4.74 Å². The summed E-state index contributed by atoms with van der Waals surface area (Å²) in [5.41, 5.74) is 1.21. The molecule has 2 aliphatic rings. The molecule has 2 aromatic rings. The molecule has 304 valence electrons. The number of allylic oxidation sites excluding steroid dienone is 1. The fourth-order valence-corrected chi connectivity index (χ4v) is 6.44. The largest absolute Gasteiger partial charge is 0.494 e. The number of hydrogen-bond acceptors (Lipinski definition) is 3. The number of hydrogen-bond donors (Lipinski definition) is 0. The van der Waals surface area contributed by atoms with E-state index in [0.29, 0.717) is 5.92 Å². The Morgan fingerprint density at radius 3 is 1.77 bits per heavy atom. The summed E-state index contributed by atoms with van der Waals surface area (Å²) in [5.74, 6) is 7.24. The molecule has 0 radical (unpaired) electrons. The number of nitrogens with zero attached hydrogens (tertiary/aromatic N) is 1. The van der Waals surface area contributed by atoms with Crippen LogP contribution >= 0.6 is 0 Å². The van der Waals surface area contributed by atoms with Gasteiger partial charge in [-0.05, 0) is 97.6 Å². The molecule has 4 heteroatoms. The molecule has 2 fully saturated rings. The standard InChI is InChI=1S/C12H18O.C11H22.C10H13NO2.C9H18.C7H14/c1-11(2)7-6-10-13-12-8-4-3-5-9-12;1-10(2)6-5-9-11-7-3-4-8-11;1-8(2)6-9-4-3-5-10(7-9)11(12)13;1-4-5-6-7-8-9(2)3;1-6(2)5-7-3-4-7/h3-5,8-9,11H,6-7,10H2,1-2H3;10-11H,3-9H2,1-2H3;3-5,7-8H,6H2,1-2H3;4,9H,1,5-8H2,2-3H3;6-7H,3-5H2,1-2H3. The second kappa shape index (κ2) is 32.8. The highest BCUT2D eigenvalue weighted by molar-refractivity contribution is 5.34. The summed E-state index contributed by atoms with van der Waals surface area (Å²) in [6.45, 7) is 27.0. The van der Waals surface area contributed by atoms with Crippen molar-refractivity contribution in [3.8, 4) is 5.75 Å². The van der Waals surface area contributed by atoms with Gasteiger partial charge < -0.3 is 4.74 Å². The van der Waals surface area contributed by atoms with Crippen molar-refractivity contribution < 1.29 is 9.66 Å². The Morgan fingerprint density at radius 2 is 1.28 bits per heavy atom. The minimum atomic E-state index is -0.357. The highest BCUT2D eigenvalue weighted by Crippen LogP contribution is 2.34. The minimum absolute atomic E-state index is 0.179. The summed E-state index contributed by atoms with van der Waals surface area (Å²) < 4.78 is 5.56. The van der Waals surface area contributed by atoms with E-state index in [-0.39, 0.29) is 10.6 Å². The zero-order chi connectivity index (χ0) is 39.9. The first-order chi connectivity index (χ1) is 25.2. The van der Waals surface area contributed by atoms with Gasteiger partial charge in [0.05, 0.1) is 11.5 Å². The molecule has 0 heterocycles. The maximum atomic E-state index is 10.4. The summed E-state index contributed by atoms with van der Waals surface area (Å²) in [6, 6.07) is 16.8. The van der Waals surface area contributed by atoms with E-state index in [2.05, 4.69) is 75.8 Å². The van der Waals surface area contributed by atoms with E-state index >= 15 is 0 Å². The Kier molecular flexibility index (Phi) is 31.2. The third-order valence-electron chi connectivity index (χ3n) is 9.51. The molecule has 2 saturated carbocycles. The number of unbranched alkanes of at least 4 members (excludes halogenated alkanes) is 2. The Hall–Kier alpha value is -2.62. The number of para-hydroxylation sites is 1. The van der Waals surface area contributed by atoms with Gasteiger partial charge in [-0.3, -0.25) is 10.1 Å². The Balaban J connectivity index is 0.000000648. The molecule has 2 aliphatic carbocycles. The fraction of sp³-hybridized carbons (Fsp3) is 0.714. The molecule has 0 saturated heterocycles. The third-order valence-corrected chi connectivity index (χ3v) is 9.51. The summed E-state index contributed by atoms with van der Waals surface area (Å²) in [7, 11) is 0. The van der Waals surface area contributed by atoms with Gasteiger partial charge in [0.2, 0.25) is 0 Å². The molecule has 0 spiro atoms. The molecule has 4 nitrogen and oxygen atoms in total. The number of ether oxygens (including phenoxy) is 1. The lowest BCUT2D eigenvalue weighted by Crippen LogP contribution is -1.99. The number of nitro groups is 1. The van der Waals surface area contributed by atoms with Gasteiger partial charge in [-0.25, -0.2) is 0 Å². The lowest BCUT2D eigenvalue weighted by atomic mass is 9.97. The third kappa shape index (κ3) is 34.9. The smallest absolute Gasteiger partial charge is 0.269 e. The first-order valence-electron chi connectivity index (χ1n) is 21.7. The number of rotatable bonds is 19. The van der Waals surface area contributed by atoms with Crippen LogP contribution in [0.4, 0.5) is 5.69 Å². The number of non-ortho nitro benzene ring substituents is 1. The first kappa shape index (κ1) is 50.4. The monoisotopic (exact) mass is 736 g/mol. The van der Waals surface area contributed by atoms with E-state index in [1.165, 1.54) is 102 Å². The topological polar surface area (TPSA) is 52.4 Å². The number of nitro benzene ring substituents is 1. The van der Waals surface area contributed by atoms with Crippen LogP contribution in [0.15, 0.2) is 67.3 Å². The van der Waals surface area contributed by atoms with Crippen LogP contribution in [0.1, 0.15) is 178 Å². The lowest BCUT2D eigenvalue weighted by Gasteiger charge is -2.09. The average Bonchev–Trinajstić information content (AvgIpc) is 3.75. The average molecular weight is 736 g/mol. The summed E-state index contributed by atoms with van der Waals surface area (Å²) in [4.78, 5) is 10.1. The SMILES string of the molecule is C=CCCCCC(C)C.CC(C)CC1CC1.CC(C)CCCC1CCCC1.CC(C)CCCOc1ccccc1.CC(C)Cc1cccc([N+](=O)[O-])c1. The maximum absolute atomic E-state index is 10.4. The summed E-state index contributed by atoms with van der Waals surface area (Å²) in [6.07, 6.45) is 25.5. The molecular weight excluding hydrogens is 651 g/mol. The molecule has 0 bridgehead atoms. The summed E-state index contributed by atoms with van der Waals surface area (Å²) in [5, 5.41) is 10.4. The Labute approximate surface area is 329 Å². The molecule has 4 rings (SSSR count). The van der Waals surface area contributed by atoms with Crippen molar-refractivity contribution in [2.45, 2.75) is 178 Å². The van der Waals surface area contributed by atoms with Gasteiger partial charge in [0, 0.05) is 12.1 Å². The normalized spacial score (nSPS) is 13.7.